The topological polar surface area (TPSA) is 33.6 Å². The first-order chi connectivity index (χ1) is 7.61. The standard InChI is InChI=1S/C11H12ClN3S/c1-7(2)10-13-14-11(16)15(10)9-6-4-3-5-8(9)12/h3-7H,1-2H3,(H,14,16). The number of aromatic amines is 1. The van der Waals surface area contributed by atoms with E-state index in [1.54, 1.807) is 0 Å². The second-order valence-electron chi connectivity index (χ2n) is 3.83. The lowest BCUT2D eigenvalue weighted by Crippen LogP contribution is -2.03. The largest absolute Gasteiger partial charge is 0.270 e. The van der Waals surface area contributed by atoms with Crippen molar-refractivity contribution in [2.24, 2.45) is 0 Å². The van der Waals surface area contributed by atoms with Gasteiger partial charge in [-0.3, -0.25) is 9.67 Å². The van der Waals surface area contributed by atoms with E-state index >= 15 is 0 Å². The molecule has 1 N–H and O–H groups in total. The second kappa shape index (κ2) is 4.39. The van der Waals surface area contributed by atoms with Crippen molar-refractivity contribution in [3.05, 3.63) is 39.9 Å². The average Bonchev–Trinajstić information content (AvgIpc) is 2.61. The highest BCUT2D eigenvalue weighted by Crippen LogP contribution is 2.23. The van der Waals surface area contributed by atoms with Gasteiger partial charge in [0, 0.05) is 5.92 Å². The van der Waals surface area contributed by atoms with Gasteiger partial charge in [0.05, 0.1) is 10.7 Å². The van der Waals surface area contributed by atoms with Gasteiger partial charge >= 0.3 is 0 Å². The monoisotopic (exact) mass is 253 g/mol. The highest BCUT2D eigenvalue weighted by Gasteiger charge is 2.13. The van der Waals surface area contributed by atoms with Gasteiger partial charge < -0.3 is 0 Å². The minimum absolute atomic E-state index is 0.282. The van der Waals surface area contributed by atoms with Crippen molar-refractivity contribution in [3.63, 3.8) is 0 Å². The zero-order valence-corrected chi connectivity index (χ0v) is 10.6. The predicted molar refractivity (Wildman–Crippen MR) is 67.8 cm³/mol. The fourth-order valence-electron chi connectivity index (χ4n) is 1.56. The number of halogens is 1. The van der Waals surface area contributed by atoms with Gasteiger partial charge in [0.15, 0.2) is 4.77 Å². The lowest BCUT2D eigenvalue weighted by Gasteiger charge is -2.10. The molecule has 3 nitrogen and oxygen atoms in total. The van der Waals surface area contributed by atoms with Gasteiger partial charge in [-0.1, -0.05) is 37.6 Å². The summed E-state index contributed by atoms with van der Waals surface area (Å²) in [6.07, 6.45) is 0. The molecule has 5 heteroatoms. The van der Waals surface area contributed by atoms with Crippen molar-refractivity contribution in [3.8, 4) is 5.69 Å². The highest BCUT2D eigenvalue weighted by molar-refractivity contribution is 7.71. The van der Waals surface area contributed by atoms with Gasteiger partial charge in [-0.15, -0.1) is 0 Å². The molecule has 2 rings (SSSR count). The SMILES string of the molecule is CC(C)c1n[nH]c(=S)n1-c1ccccc1Cl. The molecule has 1 aromatic heterocycles. The quantitative estimate of drug-likeness (QED) is 0.828. The Labute approximate surface area is 104 Å². The molecule has 84 valence electrons. The summed E-state index contributed by atoms with van der Waals surface area (Å²) in [7, 11) is 0. The number of H-pyrrole nitrogens is 1. The number of para-hydroxylation sites is 1. The third-order valence-corrected chi connectivity index (χ3v) is 2.90. The summed E-state index contributed by atoms with van der Waals surface area (Å²) in [5, 5.41) is 7.69. The van der Waals surface area contributed by atoms with Crippen LogP contribution in [0.1, 0.15) is 25.6 Å². The number of hydrogen-bond acceptors (Lipinski definition) is 2. The Hall–Kier alpha value is -1.13. The molecule has 16 heavy (non-hydrogen) atoms. The molecular formula is C11H12ClN3S. The van der Waals surface area contributed by atoms with Gasteiger partial charge in [-0.05, 0) is 24.4 Å². The Morgan fingerprint density at radius 1 is 1.38 bits per heavy atom. The summed E-state index contributed by atoms with van der Waals surface area (Å²) < 4.78 is 2.44. The molecule has 0 bridgehead atoms. The minimum atomic E-state index is 0.282. The second-order valence-corrected chi connectivity index (χ2v) is 4.62. The van der Waals surface area contributed by atoms with E-state index < -0.39 is 0 Å². The smallest absolute Gasteiger partial charge is 0.199 e. The van der Waals surface area contributed by atoms with Gasteiger partial charge in [0.25, 0.3) is 0 Å². The molecule has 0 aliphatic heterocycles. The van der Waals surface area contributed by atoms with E-state index in [1.807, 2.05) is 28.8 Å². The molecule has 1 heterocycles. The zero-order chi connectivity index (χ0) is 11.7. The van der Waals surface area contributed by atoms with E-state index in [4.69, 9.17) is 23.8 Å². The van der Waals surface area contributed by atoms with E-state index in [-0.39, 0.29) is 5.92 Å². The number of aromatic nitrogens is 3. The van der Waals surface area contributed by atoms with Crippen molar-refractivity contribution >= 4 is 23.8 Å². The molecular weight excluding hydrogens is 242 g/mol. The first-order valence-electron chi connectivity index (χ1n) is 5.03. The van der Waals surface area contributed by atoms with Crippen molar-refractivity contribution in [2.45, 2.75) is 19.8 Å². The summed E-state index contributed by atoms with van der Waals surface area (Å²) >= 11 is 11.4. The van der Waals surface area contributed by atoms with Gasteiger partial charge in [-0.2, -0.15) is 5.10 Å². The summed E-state index contributed by atoms with van der Waals surface area (Å²) in [4.78, 5) is 0. The van der Waals surface area contributed by atoms with Crippen LogP contribution in [0, 0.1) is 4.77 Å². The molecule has 0 unspecified atom stereocenters. The van der Waals surface area contributed by atoms with Crippen LogP contribution in [0.25, 0.3) is 5.69 Å². The predicted octanol–water partition coefficient (Wildman–Crippen LogP) is 3.71. The molecule has 0 radical (unpaired) electrons. The molecule has 0 spiro atoms. The third-order valence-electron chi connectivity index (χ3n) is 2.31. The first-order valence-corrected chi connectivity index (χ1v) is 5.82. The van der Waals surface area contributed by atoms with Crippen LogP contribution in [0.4, 0.5) is 0 Å². The lowest BCUT2D eigenvalue weighted by atomic mass is 10.2. The molecule has 0 saturated heterocycles. The van der Waals surface area contributed by atoms with Crippen LogP contribution in [0.3, 0.4) is 0 Å². The van der Waals surface area contributed by atoms with Crippen LogP contribution in [-0.4, -0.2) is 14.8 Å². The molecule has 0 atom stereocenters. The number of rotatable bonds is 2. The van der Waals surface area contributed by atoms with Crippen LogP contribution in [0.5, 0.6) is 0 Å². The maximum Gasteiger partial charge on any atom is 0.199 e. The van der Waals surface area contributed by atoms with Gasteiger partial charge in [0.2, 0.25) is 0 Å². The Morgan fingerprint density at radius 3 is 2.69 bits per heavy atom. The maximum absolute atomic E-state index is 6.16. The molecule has 2 aromatic rings. The minimum Gasteiger partial charge on any atom is -0.270 e. The molecule has 0 saturated carbocycles. The number of benzene rings is 1. The number of hydrogen-bond donors (Lipinski definition) is 1. The van der Waals surface area contributed by atoms with E-state index in [0.717, 1.165) is 11.5 Å². The Bertz CT molecular complexity index is 556. The maximum atomic E-state index is 6.16. The Morgan fingerprint density at radius 2 is 2.06 bits per heavy atom. The summed E-state index contributed by atoms with van der Waals surface area (Å²) in [5.74, 6) is 1.17. The van der Waals surface area contributed by atoms with E-state index in [0.29, 0.717) is 9.79 Å². The van der Waals surface area contributed by atoms with Crippen molar-refractivity contribution in [1.29, 1.82) is 0 Å². The van der Waals surface area contributed by atoms with E-state index in [2.05, 4.69) is 24.0 Å². The average molecular weight is 254 g/mol. The lowest BCUT2D eigenvalue weighted by molar-refractivity contribution is 0.744. The fraction of sp³-hybridized carbons (Fsp3) is 0.273. The molecule has 0 amide bonds. The third kappa shape index (κ3) is 1.90. The van der Waals surface area contributed by atoms with Crippen molar-refractivity contribution < 1.29 is 0 Å². The highest BCUT2D eigenvalue weighted by atomic mass is 35.5. The fourth-order valence-corrected chi connectivity index (χ4v) is 2.02. The van der Waals surface area contributed by atoms with Gasteiger partial charge in [0.1, 0.15) is 5.82 Å². The Kier molecular flexibility index (Phi) is 3.12. The molecule has 0 fully saturated rings. The summed E-state index contributed by atoms with van der Waals surface area (Å²) in [6, 6.07) is 7.60. The van der Waals surface area contributed by atoms with Crippen molar-refractivity contribution in [2.75, 3.05) is 0 Å². The molecule has 0 aliphatic carbocycles. The molecule has 1 aromatic carbocycles. The van der Waals surface area contributed by atoms with Crippen molar-refractivity contribution in [1.82, 2.24) is 14.8 Å². The van der Waals surface area contributed by atoms with E-state index in [9.17, 15) is 0 Å². The Balaban J connectivity index is 2.69. The van der Waals surface area contributed by atoms with Crippen LogP contribution in [-0.2, 0) is 0 Å². The van der Waals surface area contributed by atoms with E-state index in [1.165, 1.54) is 0 Å². The van der Waals surface area contributed by atoms with Crippen LogP contribution >= 0.6 is 23.8 Å². The number of nitrogens with zero attached hydrogens (tertiary/aromatic N) is 2. The first kappa shape index (κ1) is 11.4. The normalized spacial score (nSPS) is 11.0. The number of nitrogens with one attached hydrogen (secondary N) is 1. The van der Waals surface area contributed by atoms with Crippen LogP contribution < -0.4 is 0 Å². The van der Waals surface area contributed by atoms with Crippen LogP contribution in [0.15, 0.2) is 24.3 Å². The summed E-state index contributed by atoms with van der Waals surface area (Å²) in [6.45, 7) is 4.14. The van der Waals surface area contributed by atoms with Crippen LogP contribution in [0.2, 0.25) is 5.02 Å². The van der Waals surface area contributed by atoms with Gasteiger partial charge in [-0.25, -0.2) is 0 Å². The zero-order valence-electron chi connectivity index (χ0n) is 9.07. The summed E-state index contributed by atoms with van der Waals surface area (Å²) in [5.41, 5.74) is 0.867. The molecule has 0 aliphatic rings.